The molecule has 0 bridgehead atoms. The molecule has 110 valence electrons. The molecule has 3 rings (SSSR count). The lowest BCUT2D eigenvalue weighted by Gasteiger charge is -2.31. The van der Waals surface area contributed by atoms with Gasteiger partial charge in [0.25, 0.3) is 0 Å². The molecule has 0 saturated carbocycles. The van der Waals surface area contributed by atoms with Crippen LogP contribution in [0.5, 0.6) is 0 Å². The van der Waals surface area contributed by atoms with Gasteiger partial charge in [-0.3, -0.25) is 19.7 Å². The Labute approximate surface area is 127 Å². The van der Waals surface area contributed by atoms with E-state index < -0.39 is 29.1 Å². The van der Waals surface area contributed by atoms with Crippen molar-refractivity contribution in [3.63, 3.8) is 0 Å². The first-order valence-corrected chi connectivity index (χ1v) is 6.84. The number of carbonyl (C=O) groups is 3. The molecule has 0 spiro atoms. The van der Waals surface area contributed by atoms with Crippen molar-refractivity contribution in [3.8, 4) is 0 Å². The van der Waals surface area contributed by atoms with Gasteiger partial charge in [0, 0.05) is 0 Å². The average Bonchev–Trinajstić information content (AvgIpc) is 2.80. The van der Waals surface area contributed by atoms with Crippen LogP contribution in [0.2, 0.25) is 0 Å². The molecule has 5 nitrogen and oxygen atoms in total. The highest BCUT2D eigenvalue weighted by Crippen LogP contribution is 2.43. The van der Waals surface area contributed by atoms with E-state index in [2.05, 4.69) is 5.32 Å². The molecular formula is C17H14N2O3. The first-order chi connectivity index (χ1) is 10.6. The highest BCUT2D eigenvalue weighted by atomic mass is 16.2. The summed E-state index contributed by atoms with van der Waals surface area (Å²) in [6.45, 7) is 0. The number of primary amides is 1. The standard InChI is InChI=1S/C17H14N2O3/c18-14(20)13-15(21)19-16(22)17(13,11-7-3-1-4-8-11)12-9-5-2-6-10-12/h1-10,13H,(H2,18,20)(H,19,21,22). The zero-order valence-corrected chi connectivity index (χ0v) is 11.7. The van der Waals surface area contributed by atoms with Crippen LogP contribution in [0, 0.1) is 5.92 Å². The van der Waals surface area contributed by atoms with Crippen LogP contribution in [0.25, 0.3) is 0 Å². The topological polar surface area (TPSA) is 89.3 Å². The average molecular weight is 294 g/mol. The molecule has 22 heavy (non-hydrogen) atoms. The summed E-state index contributed by atoms with van der Waals surface area (Å²) >= 11 is 0. The van der Waals surface area contributed by atoms with Gasteiger partial charge in [-0.05, 0) is 11.1 Å². The van der Waals surface area contributed by atoms with Crippen molar-refractivity contribution in [1.29, 1.82) is 0 Å². The van der Waals surface area contributed by atoms with Crippen LogP contribution < -0.4 is 11.1 Å². The van der Waals surface area contributed by atoms with Crippen molar-refractivity contribution in [2.45, 2.75) is 5.41 Å². The number of carbonyl (C=O) groups excluding carboxylic acids is 3. The van der Waals surface area contributed by atoms with Crippen molar-refractivity contribution in [3.05, 3.63) is 71.8 Å². The Morgan fingerprint density at radius 1 is 0.909 bits per heavy atom. The van der Waals surface area contributed by atoms with Crippen molar-refractivity contribution >= 4 is 17.7 Å². The molecule has 3 N–H and O–H groups in total. The summed E-state index contributed by atoms with van der Waals surface area (Å²) < 4.78 is 0. The van der Waals surface area contributed by atoms with Gasteiger partial charge in [0.2, 0.25) is 17.7 Å². The SMILES string of the molecule is NC(=O)C1C(=O)NC(=O)C1(c1ccccc1)c1ccccc1. The zero-order chi connectivity index (χ0) is 15.7. The number of hydrogen-bond acceptors (Lipinski definition) is 3. The van der Waals surface area contributed by atoms with Crippen molar-refractivity contribution in [2.75, 3.05) is 0 Å². The third-order valence-electron chi connectivity index (χ3n) is 4.03. The summed E-state index contributed by atoms with van der Waals surface area (Å²) in [5.41, 5.74) is 5.15. The molecule has 1 aliphatic rings. The third kappa shape index (κ3) is 1.83. The summed E-state index contributed by atoms with van der Waals surface area (Å²) in [6, 6.07) is 17.5. The Kier molecular flexibility index (Phi) is 3.25. The van der Waals surface area contributed by atoms with E-state index in [1.165, 1.54) is 0 Å². The van der Waals surface area contributed by atoms with Gasteiger partial charge in [-0.1, -0.05) is 60.7 Å². The minimum Gasteiger partial charge on any atom is -0.369 e. The highest BCUT2D eigenvalue weighted by molar-refractivity contribution is 6.20. The molecule has 1 aliphatic heterocycles. The van der Waals surface area contributed by atoms with Gasteiger partial charge in [0.15, 0.2) is 0 Å². The van der Waals surface area contributed by atoms with Crippen molar-refractivity contribution in [1.82, 2.24) is 5.32 Å². The largest absolute Gasteiger partial charge is 0.369 e. The van der Waals surface area contributed by atoms with Gasteiger partial charge in [-0.25, -0.2) is 0 Å². The van der Waals surface area contributed by atoms with E-state index in [1.54, 1.807) is 60.7 Å². The number of imide groups is 1. The second-order valence-corrected chi connectivity index (χ2v) is 5.19. The molecule has 1 fully saturated rings. The molecule has 2 aromatic rings. The van der Waals surface area contributed by atoms with Gasteiger partial charge in [0.05, 0.1) is 0 Å². The van der Waals surface area contributed by atoms with E-state index in [-0.39, 0.29) is 0 Å². The molecule has 1 saturated heterocycles. The maximum Gasteiger partial charge on any atom is 0.243 e. The van der Waals surface area contributed by atoms with E-state index in [0.717, 1.165) is 0 Å². The quantitative estimate of drug-likeness (QED) is 0.646. The lowest BCUT2D eigenvalue weighted by molar-refractivity contribution is -0.132. The van der Waals surface area contributed by atoms with E-state index in [0.29, 0.717) is 11.1 Å². The van der Waals surface area contributed by atoms with Crippen LogP contribution >= 0.6 is 0 Å². The number of rotatable bonds is 3. The van der Waals surface area contributed by atoms with E-state index in [1.807, 2.05) is 0 Å². The fourth-order valence-corrected chi connectivity index (χ4v) is 3.12. The number of amides is 3. The van der Waals surface area contributed by atoms with Crippen LogP contribution in [0.4, 0.5) is 0 Å². The minimum atomic E-state index is -1.43. The second-order valence-electron chi connectivity index (χ2n) is 5.19. The summed E-state index contributed by atoms with van der Waals surface area (Å²) in [4.78, 5) is 36.8. The Balaban J connectivity index is 2.35. The first kappa shape index (κ1) is 14.0. The van der Waals surface area contributed by atoms with Crippen LogP contribution in [0.1, 0.15) is 11.1 Å². The van der Waals surface area contributed by atoms with Gasteiger partial charge in [-0.15, -0.1) is 0 Å². The van der Waals surface area contributed by atoms with E-state index >= 15 is 0 Å². The van der Waals surface area contributed by atoms with Gasteiger partial charge in [0.1, 0.15) is 11.3 Å². The summed E-state index contributed by atoms with van der Waals surface area (Å²) in [5.74, 6) is -3.29. The molecule has 1 unspecified atom stereocenters. The summed E-state index contributed by atoms with van der Waals surface area (Å²) in [6.07, 6.45) is 0. The maximum atomic E-state index is 12.7. The third-order valence-corrected chi connectivity index (χ3v) is 4.03. The van der Waals surface area contributed by atoms with Crippen LogP contribution in [-0.4, -0.2) is 17.7 Å². The molecule has 3 amide bonds. The summed E-state index contributed by atoms with van der Waals surface area (Å²) in [5, 5.41) is 2.26. The zero-order valence-electron chi connectivity index (χ0n) is 11.7. The number of benzene rings is 2. The van der Waals surface area contributed by atoms with Crippen LogP contribution in [0.3, 0.4) is 0 Å². The Bertz CT molecular complexity index is 702. The normalized spacial score (nSPS) is 19.7. The predicted octanol–water partition coefficient (Wildman–Crippen LogP) is 0.731. The molecular weight excluding hydrogens is 280 g/mol. The fraction of sp³-hybridized carbons (Fsp3) is 0.118. The Hall–Kier alpha value is -2.95. The molecule has 2 aromatic carbocycles. The van der Waals surface area contributed by atoms with Gasteiger partial charge < -0.3 is 5.73 Å². The lowest BCUT2D eigenvalue weighted by Crippen LogP contribution is -2.46. The van der Waals surface area contributed by atoms with Gasteiger partial charge >= 0.3 is 0 Å². The predicted molar refractivity (Wildman–Crippen MR) is 79.5 cm³/mol. The van der Waals surface area contributed by atoms with E-state index in [4.69, 9.17) is 5.73 Å². The Morgan fingerprint density at radius 3 is 1.77 bits per heavy atom. The highest BCUT2D eigenvalue weighted by Gasteiger charge is 2.60. The maximum absolute atomic E-state index is 12.7. The van der Waals surface area contributed by atoms with Crippen LogP contribution in [-0.2, 0) is 19.8 Å². The monoisotopic (exact) mass is 294 g/mol. The molecule has 0 aliphatic carbocycles. The number of hydrogen-bond donors (Lipinski definition) is 2. The number of nitrogens with two attached hydrogens (primary N) is 1. The Morgan fingerprint density at radius 2 is 1.36 bits per heavy atom. The summed E-state index contributed by atoms with van der Waals surface area (Å²) in [7, 11) is 0. The minimum absolute atomic E-state index is 0.529. The fourth-order valence-electron chi connectivity index (χ4n) is 3.12. The molecule has 0 radical (unpaired) electrons. The van der Waals surface area contributed by atoms with E-state index in [9.17, 15) is 14.4 Å². The smallest absolute Gasteiger partial charge is 0.243 e. The molecule has 5 heteroatoms. The lowest BCUT2D eigenvalue weighted by atomic mass is 9.66. The van der Waals surface area contributed by atoms with Crippen molar-refractivity contribution in [2.24, 2.45) is 11.7 Å². The number of nitrogens with one attached hydrogen (secondary N) is 1. The van der Waals surface area contributed by atoms with Crippen LogP contribution in [0.15, 0.2) is 60.7 Å². The second kappa shape index (κ2) is 5.11. The first-order valence-electron chi connectivity index (χ1n) is 6.84. The van der Waals surface area contributed by atoms with Crippen molar-refractivity contribution < 1.29 is 14.4 Å². The molecule has 1 atom stereocenters. The molecule has 0 aromatic heterocycles. The van der Waals surface area contributed by atoms with Gasteiger partial charge in [-0.2, -0.15) is 0 Å². The molecule has 1 heterocycles.